The van der Waals surface area contributed by atoms with Crippen LogP contribution < -0.4 is 0 Å². The number of benzene rings is 4. The first kappa shape index (κ1) is 27.9. The van der Waals surface area contributed by atoms with Gasteiger partial charge in [-0.15, -0.1) is 0 Å². The number of hydrogen-bond donors (Lipinski definition) is 1. The summed E-state index contributed by atoms with van der Waals surface area (Å²) in [5, 5.41) is 13.5. The lowest BCUT2D eigenvalue weighted by Crippen LogP contribution is -2.23. The highest BCUT2D eigenvalue weighted by atomic mass is 32.2. The Morgan fingerprint density at radius 3 is 1.76 bits per heavy atom. The SMILES string of the molecule is CN(C)Cc1c(C(O)c2cc3ccccc3n2S(=O)(=O)c2ccccc2)n(S(=O)(=O)c2ccccc2)c2ccccc12. The Kier molecular flexibility index (Phi) is 7.02. The second kappa shape index (κ2) is 10.6. The van der Waals surface area contributed by atoms with Crippen molar-refractivity contribution in [1.82, 2.24) is 12.8 Å². The molecule has 6 rings (SSSR count). The summed E-state index contributed by atoms with van der Waals surface area (Å²) in [6, 6.07) is 31.6. The molecule has 2 heterocycles. The van der Waals surface area contributed by atoms with E-state index in [1.165, 1.54) is 24.3 Å². The molecule has 4 aromatic carbocycles. The summed E-state index contributed by atoms with van der Waals surface area (Å²) < 4.78 is 59.1. The third-order valence-electron chi connectivity index (χ3n) is 7.25. The van der Waals surface area contributed by atoms with E-state index in [0.29, 0.717) is 33.9 Å². The van der Waals surface area contributed by atoms with E-state index in [2.05, 4.69) is 0 Å². The van der Waals surface area contributed by atoms with Crippen LogP contribution in [0.2, 0.25) is 0 Å². The number of aliphatic hydroxyl groups excluding tert-OH is 1. The smallest absolute Gasteiger partial charge is 0.268 e. The fourth-order valence-corrected chi connectivity index (χ4v) is 8.63. The van der Waals surface area contributed by atoms with Crippen LogP contribution in [0.3, 0.4) is 0 Å². The van der Waals surface area contributed by atoms with E-state index < -0.39 is 26.2 Å². The van der Waals surface area contributed by atoms with Crippen molar-refractivity contribution >= 4 is 41.9 Å². The van der Waals surface area contributed by atoms with Gasteiger partial charge in [0.15, 0.2) is 0 Å². The van der Waals surface area contributed by atoms with E-state index in [4.69, 9.17) is 0 Å². The van der Waals surface area contributed by atoms with Crippen molar-refractivity contribution in [2.75, 3.05) is 14.1 Å². The Labute approximate surface area is 244 Å². The molecular weight excluding hydrogens is 571 g/mol. The topological polar surface area (TPSA) is 102 Å². The van der Waals surface area contributed by atoms with Crippen molar-refractivity contribution < 1.29 is 21.9 Å². The largest absolute Gasteiger partial charge is 0.380 e. The van der Waals surface area contributed by atoms with Gasteiger partial charge < -0.3 is 10.0 Å². The molecule has 2 aromatic heterocycles. The van der Waals surface area contributed by atoms with E-state index in [0.717, 1.165) is 7.94 Å². The van der Waals surface area contributed by atoms with Crippen molar-refractivity contribution in [3.8, 4) is 0 Å². The molecule has 0 bridgehead atoms. The van der Waals surface area contributed by atoms with Crippen LogP contribution in [0.4, 0.5) is 0 Å². The second-order valence-corrected chi connectivity index (χ2v) is 13.9. The first-order valence-electron chi connectivity index (χ1n) is 13.3. The van der Waals surface area contributed by atoms with Gasteiger partial charge in [0.05, 0.1) is 32.2 Å². The van der Waals surface area contributed by atoms with Crippen LogP contribution in [0, 0.1) is 0 Å². The molecule has 8 nitrogen and oxygen atoms in total. The number of rotatable bonds is 8. The van der Waals surface area contributed by atoms with E-state index in [1.807, 2.05) is 31.1 Å². The first-order valence-corrected chi connectivity index (χ1v) is 16.2. The third-order valence-corrected chi connectivity index (χ3v) is 10.7. The standard InChI is InChI=1S/C32H29N3O5S2/c1-33(2)22-27-26-18-10-12-20-29(26)35(42(39,40)25-16-7-4-8-17-25)31(27)32(36)30-21-23-13-9-11-19-28(23)34(30)41(37,38)24-14-5-3-6-15-24/h3-21,32,36H,22H2,1-2H3. The van der Waals surface area contributed by atoms with Crippen molar-refractivity contribution in [2.45, 2.75) is 22.4 Å². The fourth-order valence-electron chi connectivity index (χ4n) is 5.46. The Morgan fingerprint density at radius 2 is 1.17 bits per heavy atom. The summed E-state index contributed by atoms with van der Waals surface area (Å²) in [4.78, 5) is 1.98. The molecule has 0 aliphatic heterocycles. The highest BCUT2D eigenvalue weighted by Gasteiger charge is 2.35. The molecule has 6 aromatic rings. The third kappa shape index (κ3) is 4.53. The van der Waals surface area contributed by atoms with Crippen LogP contribution in [0.1, 0.15) is 23.1 Å². The minimum Gasteiger partial charge on any atom is -0.380 e. The van der Waals surface area contributed by atoms with Crippen LogP contribution >= 0.6 is 0 Å². The summed E-state index contributed by atoms with van der Waals surface area (Å²) in [5.74, 6) is 0. The normalized spacial score (nSPS) is 13.2. The van der Waals surface area contributed by atoms with Crippen LogP contribution in [-0.2, 0) is 26.6 Å². The predicted octanol–water partition coefficient (Wildman–Crippen LogP) is 5.21. The molecule has 42 heavy (non-hydrogen) atoms. The van der Waals surface area contributed by atoms with Crippen LogP contribution in [0.25, 0.3) is 21.8 Å². The molecule has 0 saturated heterocycles. The summed E-state index contributed by atoms with van der Waals surface area (Å²) in [7, 11) is -4.70. The lowest BCUT2D eigenvalue weighted by molar-refractivity contribution is 0.206. The number of aromatic nitrogens is 2. The van der Waals surface area contributed by atoms with Crippen LogP contribution in [0.5, 0.6) is 0 Å². The van der Waals surface area contributed by atoms with Crippen molar-refractivity contribution in [3.63, 3.8) is 0 Å². The molecule has 0 aliphatic carbocycles. The van der Waals surface area contributed by atoms with Gasteiger partial charge in [-0.3, -0.25) is 0 Å². The molecule has 0 saturated carbocycles. The maximum Gasteiger partial charge on any atom is 0.268 e. The molecule has 0 aliphatic rings. The molecule has 0 fully saturated rings. The number of hydrogen-bond acceptors (Lipinski definition) is 6. The zero-order valence-corrected chi connectivity index (χ0v) is 24.6. The van der Waals surface area contributed by atoms with E-state index in [9.17, 15) is 21.9 Å². The zero-order chi connectivity index (χ0) is 29.6. The minimum atomic E-state index is -4.22. The van der Waals surface area contributed by atoms with Crippen molar-refractivity contribution in [3.05, 3.63) is 132 Å². The summed E-state index contributed by atoms with van der Waals surface area (Å²) in [6.07, 6.45) is -1.63. The Hall–Kier alpha value is -4.22. The molecule has 0 amide bonds. The average molecular weight is 600 g/mol. The van der Waals surface area contributed by atoms with Gasteiger partial charge in [-0.25, -0.2) is 24.8 Å². The molecule has 214 valence electrons. The van der Waals surface area contributed by atoms with Gasteiger partial charge in [0, 0.05) is 17.3 Å². The molecule has 1 atom stereocenters. The van der Waals surface area contributed by atoms with Gasteiger partial charge >= 0.3 is 0 Å². The Bertz CT molecular complexity index is 2130. The zero-order valence-electron chi connectivity index (χ0n) is 23.0. The van der Waals surface area contributed by atoms with Gasteiger partial charge in [0.1, 0.15) is 6.10 Å². The van der Waals surface area contributed by atoms with Gasteiger partial charge in [0.2, 0.25) is 0 Å². The van der Waals surface area contributed by atoms with E-state index in [-0.39, 0.29) is 21.2 Å². The highest BCUT2D eigenvalue weighted by Crippen LogP contribution is 2.39. The van der Waals surface area contributed by atoms with Gasteiger partial charge in [-0.2, -0.15) is 0 Å². The minimum absolute atomic E-state index is 0.0346. The van der Waals surface area contributed by atoms with Gasteiger partial charge in [-0.1, -0.05) is 72.8 Å². The number of para-hydroxylation sites is 2. The highest BCUT2D eigenvalue weighted by molar-refractivity contribution is 7.90. The molecule has 1 N–H and O–H groups in total. The first-order chi connectivity index (χ1) is 20.1. The molecule has 0 radical (unpaired) electrons. The maximum atomic E-state index is 14.3. The summed E-state index contributed by atoms with van der Waals surface area (Å²) in [6.45, 7) is 0.301. The van der Waals surface area contributed by atoms with E-state index in [1.54, 1.807) is 78.9 Å². The Balaban J connectivity index is 1.71. The molecular formula is C32H29N3O5S2. The maximum absolute atomic E-state index is 14.3. The number of nitrogens with zero attached hydrogens (tertiary/aromatic N) is 3. The molecule has 0 spiro atoms. The number of fused-ring (bicyclic) bond motifs is 2. The molecule has 10 heteroatoms. The van der Waals surface area contributed by atoms with Crippen molar-refractivity contribution in [2.24, 2.45) is 0 Å². The monoisotopic (exact) mass is 599 g/mol. The fraction of sp³-hybridized carbons (Fsp3) is 0.125. The lowest BCUT2D eigenvalue weighted by atomic mass is 10.1. The lowest BCUT2D eigenvalue weighted by Gasteiger charge is -2.21. The van der Waals surface area contributed by atoms with Crippen LogP contribution in [0.15, 0.2) is 125 Å². The predicted molar refractivity (Wildman–Crippen MR) is 163 cm³/mol. The Morgan fingerprint density at radius 1 is 0.667 bits per heavy atom. The van der Waals surface area contributed by atoms with Crippen molar-refractivity contribution in [1.29, 1.82) is 0 Å². The van der Waals surface area contributed by atoms with Gasteiger partial charge in [0.25, 0.3) is 20.0 Å². The number of aliphatic hydroxyl groups is 1. The van der Waals surface area contributed by atoms with Gasteiger partial charge in [-0.05, 0) is 62.1 Å². The summed E-state index contributed by atoms with van der Waals surface area (Å²) >= 11 is 0. The van der Waals surface area contributed by atoms with Crippen LogP contribution in [-0.4, -0.2) is 48.9 Å². The van der Waals surface area contributed by atoms with E-state index >= 15 is 0 Å². The average Bonchev–Trinajstić information content (AvgIpc) is 3.55. The molecule has 1 unspecified atom stereocenters. The quantitative estimate of drug-likeness (QED) is 0.258. The summed E-state index contributed by atoms with van der Waals surface area (Å²) in [5.41, 5.74) is 1.46. The second-order valence-electron chi connectivity index (χ2n) is 10.3.